The van der Waals surface area contributed by atoms with E-state index in [1.54, 1.807) is 12.1 Å². The summed E-state index contributed by atoms with van der Waals surface area (Å²) in [5.74, 6) is -0.152. The van der Waals surface area contributed by atoms with E-state index in [1.807, 2.05) is 16.8 Å². The minimum Gasteiger partial charge on any atom is -0.405 e. The molecule has 25 heavy (non-hydrogen) atoms. The number of piperazine rings is 1. The minimum absolute atomic E-state index is 0. The van der Waals surface area contributed by atoms with Crippen LogP contribution in [0.25, 0.3) is 0 Å². The second-order valence-electron chi connectivity index (χ2n) is 5.48. The van der Waals surface area contributed by atoms with Crippen molar-refractivity contribution in [3.8, 4) is 5.75 Å². The van der Waals surface area contributed by atoms with Crippen LogP contribution < -0.4 is 10.1 Å². The zero-order chi connectivity index (χ0) is 17.2. The summed E-state index contributed by atoms with van der Waals surface area (Å²) >= 11 is 4.90. The number of alkyl halides is 3. The molecule has 2 heterocycles. The van der Waals surface area contributed by atoms with Crippen LogP contribution in [0.5, 0.6) is 5.75 Å². The van der Waals surface area contributed by atoms with Gasteiger partial charge in [0.25, 0.3) is 0 Å². The van der Waals surface area contributed by atoms with Gasteiger partial charge in [-0.3, -0.25) is 4.90 Å². The summed E-state index contributed by atoms with van der Waals surface area (Å²) in [4.78, 5) is 2.18. The molecule has 0 bridgehead atoms. The van der Waals surface area contributed by atoms with Crippen molar-refractivity contribution >= 4 is 39.7 Å². The van der Waals surface area contributed by atoms with Gasteiger partial charge in [0.1, 0.15) is 5.75 Å². The molecule has 3 rings (SSSR count). The van der Waals surface area contributed by atoms with Gasteiger partial charge in [0, 0.05) is 36.2 Å². The average Bonchev–Trinajstić information content (AvgIpc) is 3.04. The van der Waals surface area contributed by atoms with E-state index in [0.29, 0.717) is 5.56 Å². The molecule has 1 fully saturated rings. The molecule has 0 radical (unpaired) electrons. The Balaban J connectivity index is 0.00000225. The lowest BCUT2D eigenvalue weighted by atomic mass is 9.98. The Labute approximate surface area is 162 Å². The third-order valence-corrected chi connectivity index (χ3v) is 5.06. The van der Waals surface area contributed by atoms with E-state index in [1.165, 1.54) is 17.4 Å². The van der Waals surface area contributed by atoms with Crippen molar-refractivity contribution in [3.63, 3.8) is 0 Å². The van der Waals surface area contributed by atoms with Gasteiger partial charge in [0.2, 0.25) is 0 Å². The van der Waals surface area contributed by atoms with Gasteiger partial charge in [-0.05, 0) is 40.6 Å². The van der Waals surface area contributed by atoms with Crippen LogP contribution in [0.15, 0.2) is 39.5 Å². The number of ether oxygens (including phenoxy) is 1. The summed E-state index contributed by atoms with van der Waals surface area (Å²) in [6.45, 7) is 3.14. The molecule has 0 amide bonds. The fourth-order valence-corrected chi connectivity index (χ4v) is 3.97. The number of nitrogens with one attached hydrogen (secondary N) is 1. The third-order valence-electron chi connectivity index (χ3n) is 3.87. The molecule has 0 aliphatic carbocycles. The highest BCUT2D eigenvalue weighted by atomic mass is 79.9. The molecule has 138 valence electrons. The summed E-state index contributed by atoms with van der Waals surface area (Å²) in [7, 11) is 0. The zero-order valence-electron chi connectivity index (χ0n) is 13.1. The molecule has 1 aliphatic rings. The number of halogens is 5. The number of rotatable bonds is 4. The van der Waals surface area contributed by atoms with Crippen molar-refractivity contribution in [3.05, 3.63) is 50.6 Å². The number of thiophene rings is 1. The van der Waals surface area contributed by atoms with Gasteiger partial charge in [0.15, 0.2) is 0 Å². The van der Waals surface area contributed by atoms with Gasteiger partial charge >= 0.3 is 6.36 Å². The molecule has 1 aliphatic heterocycles. The maximum absolute atomic E-state index is 12.8. The number of benzene rings is 1. The van der Waals surface area contributed by atoms with Crippen molar-refractivity contribution in [1.82, 2.24) is 10.2 Å². The van der Waals surface area contributed by atoms with Crippen LogP contribution in [0.3, 0.4) is 0 Å². The van der Waals surface area contributed by atoms with Crippen molar-refractivity contribution in [2.45, 2.75) is 12.4 Å². The van der Waals surface area contributed by atoms with E-state index in [0.717, 1.165) is 36.2 Å². The highest BCUT2D eigenvalue weighted by Crippen LogP contribution is 2.39. The molecular weight excluding hydrogens is 441 g/mol. The molecule has 2 aromatic rings. The van der Waals surface area contributed by atoms with Crippen LogP contribution in [-0.4, -0.2) is 37.4 Å². The Morgan fingerprint density at radius 3 is 2.52 bits per heavy atom. The standard InChI is InChI=1S/C16H16BrF3N2OS.ClH/c17-12-1-2-14(23-16(18,19)20)13(9-12)15(11-3-8-24-10-11)22-6-4-21-5-7-22;/h1-3,8-10,15,21H,4-7H2;1H/t15-;/m1./s1. The summed E-state index contributed by atoms with van der Waals surface area (Å²) in [5, 5.41) is 7.19. The first-order chi connectivity index (χ1) is 11.4. The summed E-state index contributed by atoms with van der Waals surface area (Å²) in [6.07, 6.45) is -4.72. The third kappa shape index (κ3) is 5.34. The van der Waals surface area contributed by atoms with E-state index in [-0.39, 0.29) is 24.2 Å². The molecule has 1 aromatic heterocycles. The Bertz CT molecular complexity index is 679. The maximum Gasteiger partial charge on any atom is 0.573 e. The van der Waals surface area contributed by atoms with Crippen molar-refractivity contribution in [2.24, 2.45) is 0 Å². The van der Waals surface area contributed by atoms with Crippen LogP contribution >= 0.6 is 39.7 Å². The van der Waals surface area contributed by atoms with Gasteiger partial charge in [-0.25, -0.2) is 0 Å². The van der Waals surface area contributed by atoms with E-state index >= 15 is 0 Å². The largest absolute Gasteiger partial charge is 0.573 e. The molecule has 1 saturated heterocycles. The predicted molar refractivity (Wildman–Crippen MR) is 98.7 cm³/mol. The SMILES string of the molecule is Cl.FC(F)(F)Oc1ccc(Br)cc1[C@@H](c1ccsc1)N1CCNCC1. The molecule has 0 saturated carbocycles. The Morgan fingerprint density at radius 1 is 1.20 bits per heavy atom. The number of hydrogen-bond donors (Lipinski definition) is 1. The molecule has 0 spiro atoms. The van der Waals surface area contributed by atoms with E-state index < -0.39 is 6.36 Å². The van der Waals surface area contributed by atoms with Crippen molar-refractivity contribution < 1.29 is 17.9 Å². The van der Waals surface area contributed by atoms with Gasteiger partial charge in [0.05, 0.1) is 6.04 Å². The number of hydrogen-bond acceptors (Lipinski definition) is 4. The maximum atomic E-state index is 12.8. The second kappa shape index (κ2) is 8.73. The fraction of sp³-hybridized carbons (Fsp3) is 0.375. The summed E-state index contributed by atoms with van der Waals surface area (Å²) in [5.41, 5.74) is 1.49. The summed E-state index contributed by atoms with van der Waals surface area (Å²) < 4.78 is 43.5. The first-order valence-corrected chi connectivity index (χ1v) is 9.20. The van der Waals surface area contributed by atoms with Gasteiger partial charge in [-0.1, -0.05) is 15.9 Å². The smallest absolute Gasteiger partial charge is 0.405 e. The fourth-order valence-electron chi connectivity index (χ4n) is 2.91. The lowest BCUT2D eigenvalue weighted by Crippen LogP contribution is -2.45. The Morgan fingerprint density at radius 2 is 1.92 bits per heavy atom. The van der Waals surface area contributed by atoms with Crippen LogP contribution in [0.2, 0.25) is 0 Å². The Hall–Kier alpha value is -0.800. The van der Waals surface area contributed by atoms with Crippen LogP contribution in [-0.2, 0) is 0 Å². The highest BCUT2D eigenvalue weighted by molar-refractivity contribution is 9.10. The monoisotopic (exact) mass is 456 g/mol. The zero-order valence-corrected chi connectivity index (χ0v) is 16.3. The van der Waals surface area contributed by atoms with Crippen LogP contribution in [0.1, 0.15) is 17.2 Å². The van der Waals surface area contributed by atoms with Gasteiger partial charge in [-0.2, -0.15) is 11.3 Å². The Kier molecular flexibility index (Phi) is 7.16. The van der Waals surface area contributed by atoms with Crippen LogP contribution in [0.4, 0.5) is 13.2 Å². The summed E-state index contributed by atoms with van der Waals surface area (Å²) in [6, 6.07) is 6.33. The molecule has 1 atom stereocenters. The van der Waals surface area contributed by atoms with Crippen molar-refractivity contribution in [2.75, 3.05) is 26.2 Å². The van der Waals surface area contributed by atoms with Gasteiger partial charge < -0.3 is 10.1 Å². The first-order valence-electron chi connectivity index (χ1n) is 7.46. The lowest BCUT2D eigenvalue weighted by Gasteiger charge is -2.35. The molecule has 9 heteroatoms. The minimum atomic E-state index is -4.72. The normalized spacial score (nSPS) is 17.0. The van der Waals surface area contributed by atoms with E-state index in [4.69, 9.17) is 0 Å². The highest BCUT2D eigenvalue weighted by Gasteiger charge is 2.34. The van der Waals surface area contributed by atoms with E-state index in [2.05, 4.69) is 30.9 Å². The molecule has 1 N–H and O–H groups in total. The second-order valence-corrected chi connectivity index (χ2v) is 7.17. The van der Waals surface area contributed by atoms with Gasteiger partial charge in [-0.15, -0.1) is 25.6 Å². The quantitative estimate of drug-likeness (QED) is 0.712. The predicted octanol–water partition coefficient (Wildman–Crippen LogP) is 4.83. The average molecular weight is 458 g/mol. The molecule has 3 nitrogen and oxygen atoms in total. The van der Waals surface area contributed by atoms with Crippen molar-refractivity contribution in [1.29, 1.82) is 0 Å². The van der Waals surface area contributed by atoms with E-state index in [9.17, 15) is 13.2 Å². The molecular formula is C16H17BrClF3N2OS. The lowest BCUT2D eigenvalue weighted by molar-refractivity contribution is -0.275. The number of nitrogens with zero attached hydrogens (tertiary/aromatic N) is 1. The first kappa shape index (κ1) is 20.5. The topological polar surface area (TPSA) is 24.5 Å². The van der Waals surface area contributed by atoms with Crippen LogP contribution in [0, 0.1) is 0 Å². The molecule has 1 aromatic carbocycles. The molecule has 0 unspecified atom stereocenters.